The van der Waals surface area contributed by atoms with Gasteiger partial charge in [-0.05, 0) is 59.7 Å². The molecule has 0 fully saturated rings. The lowest BCUT2D eigenvalue weighted by molar-refractivity contribution is -0.114. The number of nitriles is 2. The Hall–Kier alpha value is -8.31. The van der Waals surface area contributed by atoms with Gasteiger partial charge < -0.3 is 24.6 Å². The van der Waals surface area contributed by atoms with Crippen molar-refractivity contribution in [3.05, 3.63) is 175 Å². The minimum atomic E-state index is -3.02. The molecular weight excluding hydrogens is 917 g/mol. The molecule has 0 atom stereocenters. The van der Waals surface area contributed by atoms with E-state index in [-0.39, 0.29) is 28.7 Å². The molecule has 0 unspecified atom stereocenters. The van der Waals surface area contributed by atoms with Crippen LogP contribution in [-0.4, -0.2) is 52.7 Å². The molecule has 12 nitrogen and oxygen atoms in total. The van der Waals surface area contributed by atoms with Crippen molar-refractivity contribution >= 4 is 46.8 Å². The van der Waals surface area contributed by atoms with E-state index in [2.05, 4.69) is 27.9 Å². The van der Waals surface area contributed by atoms with E-state index >= 15 is 0 Å². The molecule has 5 aromatic carbocycles. The van der Waals surface area contributed by atoms with Gasteiger partial charge in [-0.1, -0.05) is 126 Å². The third-order valence-electron chi connectivity index (χ3n) is 10.2. The number of carbonyl (C=O) groups is 2. The molecule has 0 aliphatic heterocycles. The lowest BCUT2D eigenvalue weighted by Crippen LogP contribution is -2.15. The summed E-state index contributed by atoms with van der Waals surface area (Å²) in [4.78, 5) is 34.4. The number of amides is 2. The molecule has 8 aromatic rings. The van der Waals surface area contributed by atoms with Crippen LogP contribution in [0.4, 0.5) is 20.3 Å². The molecule has 0 spiro atoms. The molecule has 3 aromatic heterocycles. The topological polar surface area (TPSA) is 176 Å². The number of methoxy groups -OCH3 is 2. The predicted octanol–water partition coefficient (Wildman–Crippen LogP) is 12.2. The molecule has 69 heavy (non-hydrogen) atoms. The van der Waals surface area contributed by atoms with Crippen molar-refractivity contribution in [1.82, 2.24) is 15.1 Å². The number of aromatic nitrogens is 3. The van der Waals surface area contributed by atoms with Gasteiger partial charge in [0.2, 0.25) is 11.8 Å². The molecule has 2 amide bonds. The first-order valence-electron chi connectivity index (χ1n) is 21.0. The molecule has 0 aliphatic carbocycles. The Morgan fingerprint density at radius 3 is 1.52 bits per heavy atom. The molecule has 0 bridgehead atoms. The normalized spacial score (nSPS) is 10.7. The highest BCUT2D eigenvalue weighted by Crippen LogP contribution is 2.37. The Morgan fingerprint density at radius 2 is 1.10 bits per heavy atom. The minimum absolute atomic E-state index is 0.0608. The smallest absolute Gasteiger partial charge is 0.270 e. The average Bonchev–Trinajstić information content (AvgIpc) is 3.90. The van der Waals surface area contributed by atoms with Crippen LogP contribution in [0.2, 0.25) is 0 Å². The van der Waals surface area contributed by atoms with Crippen molar-refractivity contribution in [2.45, 2.75) is 22.9 Å². The van der Waals surface area contributed by atoms with Gasteiger partial charge in [-0.3, -0.25) is 9.59 Å². The monoisotopic (exact) mass is 957 g/mol. The van der Waals surface area contributed by atoms with Gasteiger partial charge in [0, 0.05) is 46.5 Å². The summed E-state index contributed by atoms with van der Waals surface area (Å²) in [6.07, 6.45) is 1.38. The third-order valence-corrected chi connectivity index (χ3v) is 12.1. The van der Waals surface area contributed by atoms with E-state index in [1.165, 1.54) is 36.2 Å². The molecule has 0 radical (unpaired) electrons. The second kappa shape index (κ2) is 22.9. The first kappa shape index (κ1) is 48.6. The second-order valence-corrected chi connectivity index (χ2v) is 16.8. The van der Waals surface area contributed by atoms with Crippen LogP contribution in [-0.2, 0) is 15.5 Å². The maximum atomic E-state index is 13.7. The Bertz CT molecular complexity index is 3120. The van der Waals surface area contributed by atoms with Crippen molar-refractivity contribution in [3.63, 3.8) is 0 Å². The van der Waals surface area contributed by atoms with Gasteiger partial charge in [-0.25, -0.2) is 18.7 Å². The lowest BCUT2D eigenvalue weighted by Gasteiger charge is -2.14. The van der Waals surface area contributed by atoms with E-state index in [0.717, 1.165) is 57.9 Å². The van der Waals surface area contributed by atoms with E-state index in [0.29, 0.717) is 44.0 Å². The molecular formula is C53H41F2N7O5S2. The zero-order valence-corrected chi connectivity index (χ0v) is 38.9. The van der Waals surface area contributed by atoms with Gasteiger partial charge >= 0.3 is 0 Å². The number of ether oxygens (including phenoxy) is 2. The van der Waals surface area contributed by atoms with Crippen molar-refractivity contribution < 1.29 is 32.4 Å². The SMILES string of the molecule is COc1ccc(-c2cc(-c3ccccc3)nc(SCC(=O)Nc3cccc(C(C)(F)F)c3)c2C#N)cc1.COc1ccc(-c2cc(-c3ccccc3)nc(SCC(=O)Nc3ccon3)c2C#N)cc1. The van der Waals surface area contributed by atoms with Crippen LogP contribution in [0.25, 0.3) is 44.8 Å². The number of halogens is 2. The number of nitrogens with zero attached hydrogens (tertiary/aromatic N) is 5. The van der Waals surface area contributed by atoms with Crippen LogP contribution < -0.4 is 20.1 Å². The summed E-state index contributed by atoms with van der Waals surface area (Å²) in [5.41, 5.74) is 7.08. The highest BCUT2D eigenvalue weighted by Gasteiger charge is 2.25. The Morgan fingerprint density at radius 1 is 0.623 bits per heavy atom. The Labute approximate surface area is 405 Å². The number of hydrogen-bond donors (Lipinski definition) is 2. The van der Waals surface area contributed by atoms with Crippen LogP contribution in [0.5, 0.6) is 11.5 Å². The van der Waals surface area contributed by atoms with Crippen LogP contribution in [0.15, 0.2) is 172 Å². The summed E-state index contributed by atoms with van der Waals surface area (Å²) in [5.74, 6) is -1.94. The molecule has 16 heteroatoms. The summed E-state index contributed by atoms with van der Waals surface area (Å²) in [6.45, 7) is 0.805. The lowest BCUT2D eigenvalue weighted by atomic mass is 9.99. The van der Waals surface area contributed by atoms with Crippen molar-refractivity contribution in [2.24, 2.45) is 0 Å². The fourth-order valence-corrected chi connectivity index (χ4v) is 8.37. The highest BCUT2D eigenvalue weighted by molar-refractivity contribution is 8.00. The van der Waals surface area contributed by atoms with Crippen molar-refractivity contribution in [1.29, 1.82) is 10.5 Å². The predicted molar refractivity (Wildman–Crippen MR) is 264 cm³/mol. The van der Waals surface area contributed by atoms with Crippen LogP contribution in [0.1, 0.15) is 23.6 Å². The molecule has 2 N–H and O–H groups in total. The minimum Gasteiger partial charge on any atom is -0.497 e. The van der Waals surface area contributed by atoms with Crippen molar-refractivity contribution in [3.8, 4) is 68.4 Å². The number of hydrogen-bond acceptors (Lipinski definition) is 12. The maximum Gasteiger partial charge on any atom is 0.270 e. The maximum absolute atomic E-state index is 13.7. The van der Waals surface area contributed by atoms with Gasteiger partial charge in [0.25, 0.3) is 5.92 Å². The largest absolute Gasteiger partial charge is 0.497 e. The Balaban J connectivity index is 0.000000206. The number of alkyl halides is 2. The van der Waals surface area contributed by atoms with Crippen LogP contribution in [0, 0.1) is 22.7 Å². The van der Waals surface area contributed by atoms with Gasteiger partial charge in [0.05, 0.1) is 48.2 Å². The molecule has 0 saturated heterocycles. The van der Waals surface area contributed by atoms with E-state index in [1.54, 1.807) is 26.4 Å². The van der Waals surface area contributed by atoms with Gasteiger partial charge in [-0.15, -0.1) is 0 Å². The molecule has 0 aliphatic rings. The third kappa shape index (κ3) is 12.8. The number of thioether (sulfide) groups is 2. The van der Waals surface area contributed by atoms with E-state index in [9.17, 15) is 28.9 Å². The second-order valence-electron chi connectivity index (χ2n) is 14.9. The fraction of sp³-hybridized carbons (Fsp3) is 0.113. The number of rotatable bonds is 15. The van der Waals surface area contributed by atoms with Crippen molar-refractivity contribution in [2.75, 3.05) is 36.4 Å². The van der Waals surface area contributed by atoms with Gasteiger partial charge in [0.1, 0.15) is 40.0 Å². The summed E-state index contributed by atoms with van der Waals surface area (Å²) < 4.78 is 42.5. The van der Waals surface area contributed by atoms with Crippen LogP contribution >= 0.6 is 23.5 Å². The summed E-state index contributed by atoms with van der Waals surface area (Å²) in [5, 5.41) is 29.8. The summed E-state index contributed by atoms with van der Waals surface area (Å²) >= 11 is 2.31. The number of carbonyl (C=O) groups excluding carboxylic acids is 2. The average molecular weight is 958 g/mol. The number of benzene rings is 5. The number of nitrogens with one attached hydrogen (secondary N) is 2. The standard InChI is InChI=1S/C29H23F2N3O2S.C24H18N4O3S/c1-29(30,31)21-9-6-10-22(15-21)33-27(35)18-37-28-25(17-32)24(19-11-13-23(36-2)14-12-19)16-26(34-28)20-7-4-3-5-8-20;1-30-18-9-7-16(8-10-18)19-13-21(17-5-3-2-4-6-17)26-24(20(19)14-25)32-15-23(29)27-22-11-12-31-28-22/h3-16H,18H2,1-2H3,(H,33,35);2-13H,15H2,1H3,(H,27,28,29). The summed E-state index contributed by atoms with van der Waals surface area (Å²) in [6, 6.07) is 49.5. The molecule has 0 saturated carbocycles. The molecule has 3 heterocycles. The summed E-state index contributed by atoms with van der Waals surface area (Å²) in [7, 11) is 3.19. The zero-order valence-electron chi connectivity index (χ0n) is 37.3. The quantitative estimate of drug-likeness (QED) is 0.0931. The van der Waals surface area contributed by atoms with Gasteiger partial charge in [0.15, 0.2) is 5.82 Å². The number of pyridine rings is 2. The van der Waals surface area contributed by atoms with Crippen LogP contribution in [0.3, 0.4) is 0 Å². The van der Waals surface area contributed by atoms with E-state index in [4.69, 9.17) is 24.0 Å². The highest BCUT2D eigenvalue weighted by atomic mass is 32.2. The number of anilines is 2. The first-order valence-corrected chi connectivity index (χ1v) is 23.0. The van der Waals surface area contributed by atoms with Gasteiger partial charge in [-0.2, -0.15) is 10.5 Å². The van der Waals surface area contributed by atoms with E-state index in [1.807, 2.05) is 121 Å². The molecule has 8 rings (SSSR count). The fourth-order valence-electron chi connectivity index (χ4n) is 6.77. The zero-order chi connectivity index (χ0) is 48.8. The van der Waals surface area contributed by atoms with E-state index < -0.39 is 11.8 Å². The Kier molecular flexibility index (Phi) is 16.2. The molecule has 344 valence electrons. The first-order chi connectivity index (χ1) is 33.5.